The van der Waals surface area contributed by atoms with Gasteiger partial charge in [0, 0.05) is 35.6 Å². The lowest BCUT2D eigenvalue weighted by Gasteiger charge is -2.07. The molecule has 3 aromatic rings. The van der Waals surface area contributed by atoms with Crippen LogP contribution in [-0.2, 0) is 13.0 Å². The predicted octanol–water partition coefficient (Wildman–Crippen LogP) is 4.13. The number of halogens is 1. The summed E-state index contributed by atoms with van der Waals surface area (Å²) >= 11 is 7.55. The second-order valence-electron chi connectivity index (χ2n) is 5.38. The Morgan fingerprint density at radius 2 is 2.00 bits per heavy atom. The Balaban J connectivity index is 1.38. The van der Waals surface area contributed by atoms with Crippen LogP contribution in [0.25, 0.3) is 0 Å². The second kappa shape index (κ2) is 9.44. The minimum Gasteiger partial charge on any atom is -0.494 e. The lowest BCUT2D eigenvalue weighted by Crippen LogP contribution is -2.04. The van der Waals surface area contributed by atoms with Gasteiger partial charge < -0.3 is 9.30 Å². The molecule has 0 amide bonds. The second-order valence-corrected chi connectivity index (χ2v) is 6.88. The van der Waals surface area contributed by atoms with E-state index in [1.807, 2.05) is 48.7 Å². The van der Waals surface area contributed by atoms with Gasteiger partial charge in [-0.25, -0.2) is 0 Å². The maximum atomic E-state index is 5.85. The van der Waals surface area contributed by atoms with E-state index in [4.69, 9.17) is 16.3 Å². The molecule has 0 saturated carbocycles. The van der Waals surface area contributed by atoms with Crippen molar-refractivity contribution >= 4 is 23.4 Å². The van der Waals surface area contributed by atoms with E-state index in [1.165, 1.54) is 0 Å². The fourth-order valence-corrected chi connectivity index (χ4v) is 3.21. The Labute approximate surface area is 156 Å². The van der Waals surface area contributed by atoms with E-state index in [0.29, 0.717) is 11.6 Å². The van der Waals surface area contributed by atoms with Gasteiger partial charge >= 0.3 is 0 Å². The van der Waals surface area contributed by atoms with Gasteiger partial charge in [0.1, 0.15) is 12.1 Å². The summed E-state index contributed by atoms with van der Waals surface area (Å²) in [6.07, 6.45) is 5.39. The molecule has 25 heavy (non-hydrogen) atoms. The first-order chi connectivity index (χ1) is 12.3. The number of hydrogen-bond acceptors (Lipinski definition) is 5. The molecule has 0 spiro atoms. The monoisotopic (exact) mass is 374 g/mol. The Hall–Kier alpha value is -2.05. The molecule has 1 aromatic carbocycles. The maximum Gasteiger partial charge on any atom is 0.191 e. The minimum atomic E-state index is 0.663. The first-order valence-electron chi connectivity index (χ1n) is 8.10. The third kappa shape index (κ3) is 5.76. The average molecular weight is 375 g/mol. The molecule has 0 N–H and O–H groups in total. The van der Waals surface area contributed by atoms with Crippen molar-refractivity contribution in [1.29, 1.82) is 0 Å². The van der Waals surface area contributed by atoms with Crippen molar-refractivity contribution in [3.63, 3.8) is 0 Å². The van der Waals surface area contributed by atoms with Crippen LogP contribution in [-0.4, -0.2) is 32.1 Å². The lowest BCUT2D eigenvalue weighted by atomic mass is 10.3. The molecule has 2 aromatic heterocycles. The van der Waals surface area contributed by atoms with Crippen LogP contribution in [0, 0.1) is 0 Å². The number of aromatic nitrogens is 4. The normalized spacial score (nSPS) is 10.8. The standard InChI is InChI=1S/C18H19ClN4OS/c19-15-5-7-17(8-6-15)24-12-3-13-25-18-22-21-14-23(18)11-9-16-4-1-2-10-20-16/h1-2,4-8,10,14H,3,9,11-13H2. The van der Waals surface area contributed by atoms with E-state index in [-0.39, 0.29) is 0 Å². The zero-order valence-corrected chi connectivity index (χ0v) is 15.3. The smallest absolute Gasteiger partial charge is 0.191 e. The van der Waals surface area contributed by atoms with Gasteiger partial charge in [-0.05, 0) is 42.8 Å². The molecule has 7 heteroatoms. The molecule has 0 atom stereocenters. The van der Waals surface area contributed by atoms with Gasteiger partial charge in [0.25, 0.3) is 0 Å². The summed E-state index contributed by atoms with van der Waals surface area (Å²) in [5, 5.41) is 9.86. The van der Waals surface area contributed by atoms with Crippen molar-refractivity contribution in [3.8, 4) is 5.75 Å². The molecule has 0 bridgehead atoms. The Kier molecular flexibility index (Phi) is 6.71. The number of hydrogen-bond donors (Lipinski definition) is 0. The summed E-state index contributed by atoms with van der Waals surface area (Å²) in [7, 11) is 0. The highest BCUT2D eigenvalue weighted by Crippen LogP contribution is 2.18. The third-order valence-electron chi connectivity index (χ3n) is 3.52. The van der Waals surface area contributed by atoms with Crippen molar-refractivity contribution in [2.75, 3.05) is 12.4 Å². The van der Waals surface area contributed by atoms with Crippen LogP contribution < -0.4 is 4.74 Å². The van der Waals surface area contributed by atoms with Crippen LogP contribution in [0.15, 0.2) is 60.1 Å². The van der Waals surface area contributed by atoms with Gasteiger partial charge in [-0.15, -0.1) is 10.2 Å². The Morgan fingerprint density at radius 3 is 2.80 bits per heavy atom. The van der Waals surface area contributed by atoms with E-state index >= 15 is 0 Å². The first-order valence-corrected chi connectivity index (χ1v) is 9.46. The zero-order chi connectivity index (χ0) is 17.3. The summed E-state index contributed by atoms with van der Waals surface area (Å²) in [5.41, 5.74) is 1.07. The minimum absolute atomic E-state index is 0.663. The van der Waals surface area contributed by atoms with E-state index in [2.05, 4.69) is 19.7 Å². The van der Waals surface area contributed by atoms with Crippen molar-refractivity contribution in [3.05, 3.63) is 65.7 Å². The molecule has 0 aliphatic rings. The van der Waals surface area contributed by atoms with Crippen molar-refractivity contribution < 1.29 is 4.74 Å². The SMILES string of the molecule is Clc1ccc(OCCCSc2nncn2CCc2ccccn2)cc1. The van der Waals surface area contributed by atoms with Crippen molar-refractivity contribution in [2.45, 2.75) is 24.5 Å². The summed E-state index contributed by atoms with van der Waals surface area (Å²) in [6.45, 7) is 1.49. The Bertz CT molecular complexity index is 764. The van der Waals surface area contributed by atoms with Gasteiger partial charge in [0.2, 0.25) is 0 Å². The van der Waals surface area contributed by atoms with Gasteiger partial charge in [0.05, 0.1) is 6.61 Å². The van der Waals surface area contributed by atoms with Crippen LogP contribution in [0.1, 0.15) is 12.1 Å². The maximum absolute atomic E-state index is 5.85. The molecule has 0 fully saturated rings. The number of thioether (sulfide) groups is 1. The van der Waals surface area contributed by atoms with Crippen LogP contribution >= 0.6 is 23.4 Å². The third-order valence-corrected chi connectivity index (χ3v) is 4.84. The topological polar surface area (TPSA) is 52.8 Å². The molecule has 2 heterocycles. The molecule has 0 aliphatic heterocycles. The number of pyridine rings is 1. The summed E-state index contributed by atoms with van der Waals surface area (Å²) in [6, 6.07) is 13.4. The Morgan fingerprint density at radius 1 is 1.12 bits per heavy atom. The predicted molar refractivity (Wildman–Crippen MR) is 100 cm³/mol. The van der Waals surface area contributed by atoms with Gasteiger partial charge in [-0.1, -0.05) is 29.4 Å². The molecule has 0 saturated heterocycles. The lowest BCUT2D eigenvalue weighted by molar-refractivity contribution is 0.318. The molecule has 0 aliphatic carbocycles. The van der Waals surface area contributed by atoms with E-state index in [0.717, 1.165) is 41.7 Å². The van der Waals surface area contributed by atoms with E-state index in [9.17, 15) is 0 Å². The summed E-state index contributed by atoms with van der Waals surface area (Å²) in [5.74, 6) is 1.77. The number of aryl methyl sites for hydroxylation is 2. The number of rotatable bonds is 9. The highest BCUT2D eigenvalue weighted by Gasteiger charge is 2.05. The molecule has 5 nitrogen and oxygen atoms in total. The van der Waals surface area contributed by atoms with Crippen LogP contribution in [0.3, 0.4) is 0 Å². The van der Waals surface area contributed by atoms with Crippen LogP contribution in [0.2, 0.25) is 5.02 Å². The largest absolute Gasteiger partial charge is 0.494 e. The van der Waals surface area contributed by atoms with Crippen molar-refractivity contribution in [1.82, 2.24) is 19.7 Å². The molecule has 3 rings (SSSR count). The van der Waals surface area contributed by atoms with Crippen LogP contribution in [0.4, 0.5) is 0 Å². The summed E-state index contributed by atoms with van der Waals surface area (Å²) in [4.78, 5) is 4.34. The fraction of sp³-hybridized carbons (Fsp3) is 0.278. The quantitative estimate of drug-likeness (QED) is 0.416. The van der Waals surface area contributed by atoms with E-state index in [1.54, 1.807) is 18.1 Å². The van der Waals surface area contributed by atoms with Gasteiger partial charge in [-0.3, -0.25) is 4.98 Å². The van der Waals surface area contributed by atoms with Gasteiger partial charge in [0.15, 0.2) is 5.16 Å². The summed E-state index contributed by atoms with van der Waals surface area (Å²) < 4.78 is 7.76. The van der Waals surface area contributed by atoms with Crippen LogP contribution in [0.5, 0.6) is 5.75 Å². The fourth-order valence-electron chi connectivity index (χ4n) is 2.23. The zero-order valence-electron chi connectivity index (χ0n) is 13.7. The first kappa shape index (κ1) is 17.8. The highest BCUT2D eigenvalue weighted by atomic mass is 35.5. The molecule has 0 radical (unpaired) electrons. The van der Waals surface area contributed by atoms with Crippen molar-refractivity contribution in [2.24, 2.45) is 0 Å². The molecular formula is C18H19ClN4OS. The highest BCUT2D eigenvalue weighted by molar-refractivity contribution is 7.99. The average Bonchev–Trinajstić information content (AvgIpc) is 3.09. The van der Waals surface area contributed by atoms with Gasteiger partial charge in [-0.2, -0.15) is 0 Å². The number of nitrogens with zero attached hydrogens (tertiary/aromatic N) is 4. The molecule has 130 valence electrons. The van der Waals surface area contributed by atoms with E-state index < -0.39 is 0 Å². The molecular weight excluding hydrogens is 356 g/mol. The number of benzene rings is 1. The number of ether oxygens (including phenoxy) is 1. The molecule has 0 unspecified atom stereocenters.